The van der Waals surface area contributed by atoms with Gasteiger partial charge in [0.1, 0.15) is 5.52 Å². The molecule has 1 amide bonds. The smallest absolute Gasteiger partial charge is 0.326 e. The number of fused-ring (bicyclic) bond motifs is 1. The molecule has 0 fully saturated rings. The summed E-state index contributed by atoms with van der Waals surface area (Å²) in [6, 6.07) is 9.32. The molecular weight excluding hydrogens is 459 g/mol. The van der Waals surface area contributed by atoms with Gasteiger partial charge in [0, 0.05) is 26.1 Å². The number of aromatic nitrogens is 3. The number of rotatable bonds is 9. The van der Waals surface area contributed by atoms with E-state index >= 15 is 0 Å². The topological polar surface area (TPSA) is 97.2 Å². The number of hydrogen-bond donors (Lipinski definition) is 1. The number of nitrogens with one attached hydrogen (secondary N) is 1. The van der Waals surface area contributed by atoms with E-state index in [1.807, 2.05) is 0 Å². The van der Waals surface area contributed by atoms with E-state index in [-0.39, 0.29) is 23.5 Å². The molecule has 0 spiro atoms. The molecule has 0 saturated carbocycles. The highest BCUT2D eigenvalue weighted by molar-refractivity contribution is 7.89. The molecule has 0 radical (unpaired) electrons. The molecule has 0 atom stereocenters. The minimum Gasteiger partial charge on any atom is -0.326 e. The molecule has 1 N–H and O–H groups in total. The number of hydrogen-bond acceptors (Lipinski definition) is 5. The maximum Gasteiger partial charge on any atom is 0.418 e. The van der Waals surface area contributed by atoms with E-state index in [0.29, 0.717) is 30.5 Å². The fraction of sp³-hybridized carbons (Fsp3) is 0.381. The van der Waals surface area contributed by atoms with Crippen LogP contribution in [0.25, 0.3) is 11.0 Å². The zero-order valence-electron chi connectivity index (χ0n) is 18.1. The van der Waals surface area contributed by atoms with Gasteiger partial charge in [-0.3, -0.25) is 4.79 Å². The van der Waals surface area contributed by atoms with Crippen LogP contribution < -0.4 is 5.32 Å². The summed E-state index contributed by atoms with van der Waals surface area (Å²) in [5.74, 6) is -0.552. The first kappa shape index (κ1) is 24.6. The summed E-state index contributed by atoms with van der Waals surface area (Å²) in [6.07, 6.45) is -4.29. The van der Waals surface area contributed by atoms with Crippen molar-refractivity contribution in [2.75, 3.05) is 18.4 Å². The van der Waals surface area contributed by atoms with Crippen molar-refractivity contribution in [3.8, 4) is 0 Å². The molecule has 178 valence electrons. The average molecular weight is 484 g/mol. The van der Waals surface area contributed by atoms with Crippen LogP contribution in [0.5, 0.6) is 0 Å². The minimum absolute atomic E-state index is 0.0258. The molecule has 1 aromatic heterocycles. The lowest BCUT2D eigenvalue weighted by Gasteiger charge is -2.18. The third-order valence-corrected chi connectivity index (χ3v) is 7.15. The Kier molecular flexibility index (Phi) is 7.38. The van der Waals surface area contributed by atoms with Gasteiger partial charge in [-0.1, -0.05) is 31.2 Å². The van der Waals surface area contributed by atoms with Gasteiger partial charge < -0.3 is 5.32 Å². The van der Waals surface area contributed by atoms with Gasteiger partial charge in [-0.2, -0.15) is 17.5 Å². The second-order valence-corrected chi connectivity index (χ2v) is 9.19. The zero-order chi connectivity index (χ0) is 24.2. The quantitative estimate of drug-likeness (QED) is 0.498. The van der Waals surface area contributed by atoms with Crippen LogP contribution in [0, 0.1) is 0 Å². The molecule has 1 heterocycles. The van der Waals surface area contributed by atoms with Gasteiger partial charge in [-0.25, -0.2) is 13.1 Å². The Hall–Kier alpha value is -2.99. The summed E-state index contributed by atoms with van der Waals surface area (Å²) in [5, 5.41) is 10.3. The molecule has 3 aromatic rings. The molecule has 0 unspecified atom stereocenters. The lowest BCUT2D eigenvalue weighted by molar-refractivity contribution is -0.137. The molecule has 8 nitrogen and oxygen atoms in total. The van der Waals surface area contributed by atoms with E-state index in [9.17, 15) is 26.4 Å². The molecule has 33 heavy (non-hydrogen) atoms. The number of sulfonamides is 1. The van der Waals surface area contributed by atoms with Gasteiger partial charge in [0.2, 0.25) is 15.9 Å². The normalized spacial score (nSPS) is 12.4. The Morgan fingerprint density at radius 1 is 1.12 bits per heavy atom. The fourth-order valence-electron chi connectivity index (χ4n) is 3.43. The Balaban J connectivity index is 1.65. The third-order valence-electron chi connectivity index (χ3n) is 5.11. The standard InChI is InChI=1S/C21H24F3N5O3S/c1-3-28(4-2)33(31,32)15-11-12-19-18(14-15)26-27-29(19)13-7-10-20(30)25-17-9-6-5-8-16(17)21(22,23)24/h5-6,8-9,11-12,14H,3-4,7,10,13H2,1-2H3,(H,25,30). The van der Waals surface area contributed by atoms with Crippen LogP contribution in [0.1, 0.15) is 32.3 Å². The van der Waals surface area contributed by atoms with Crippen molar-refractivity contribution < 1.29 is 26.4 Å². The number of amides is 1. The first-order valence-corrected chi connectivity index (χ1v) is 11.8. The summed E-state index contributed by atoms with van der Waals surface area (Å²) >= 11 is 0. The number of anilines is 1. The predicted octanol–water partition coefficient (Wildman–Crippen LogP) is 3.90. The van der Waals surface area contributed by atoms with Crippen molar-refractivity contribution >= 4 is 32.7 Å². The van der Waals surface area contributed by atoms with Crippen molar-refractivity contribution in [1.29, 1.82) is 0 Å². The predicted molar refractivity (Wildman–Crippen MR) is 117 cm³/mol. The Morgan fingerprint density at radius 3 is 2.48 bits per heavy atom. The summed E-state index contributed by atoms with van der Waals surface area (Å²) in [6.45, 7) is 4.49. The number of benzene rings is 2. The molecule has 0 aliphatic heterocycles. The first-order valence-electron chi connectivity index (χ1n) is 10.4. The van der Waals surface area contributed by atoms with Crippen LogP contribution in [0.4, 0.5) is 18.9 Å². The third kappa shape index (κ3) is 5.50. The van der Waals surface area contributed by atoms with Crippen LogP contribution in [0.2, 0.25) is 0 Å². The minimum atomic E-state index is -4.57. The number of halogens is 3. The number of carbonyl (C=O) groups is 1. The Bertz CT molecular complexity index is 1240. The summed E-state index contributed by atoms with van der Waals surface area (Å²) < 4.78 is 67.4. The van der Waals surface area contributed by atoms with Gasteiger partial charge in [0.05, 0.1) is 21.7 Å². The fourth-order valence-corrected chi connectivity index (χ4v) is 4.91. The summed E-state index contributed by atoms with van der Waals surface area (Å²) in [5.41, 5.74) is -0.206. The van der Waals surface area contributed by atoms with E-state index in [0.717, 1.165) is 6.07 Å². The van der Waals surface area contributed by atoms with E-state index in [2.05, 4.69) is 15.6 Å². The maximum absolute atomic E-state index is 13.1. The Labute approximate surface area is 189 Å². The lowest BCUT2D eigenvalue weighted by Crippen LogP contribution is -2.30. The van der Waals surface area contributed by atoms with Crippen LogP contribution >= 0.6 is 0 Å². The highest BCUT2D eigenvalue weighted by Crippen LogP contribution is 2.34. The van der Waals surface area contributed by atoms with Crippen LogP contribution in [-0.4, -0.2) is 46.7 Å². The van der Waals surface area contributed by atoms with Crippen molar-refractivity contribution in [3.63, 3.8) is 0 Å². The van der Waals surface area contributed by atoms with Crippen molar-refractivity contribution in [2.45, 2.75) is 44.3 Å². The number of alkyl halides is 3. The molecule has 2 aromatic carbocycles. The number of carbonyl (C=O) groups excluding carboxylic acids is 1. The van der Waals surface area contributed by atoms with Gasteiger partial charge >= 0.3 is 6.18 Å². The summed E-state index contributed by atoms with van der Waals surface area (Å²) in [4.78, 5) is 12.3. The largest absolute Gasteiger partial charge is 0.418 e. The second kappa shape index (κ2) is 9.87. The number of aryl methyl sites for hydroxylation is 1. The first-order chi connectivity index (χ1) is 15.6. The highest BCUT2D eigenvalue weighted by atomic mass is 32.2. The number of nitrogens with zero attached hydrogens (tertiary/aromatic N) is 4. The highest BCUT2D eigenvalue weighted by Gasteiger charge is 2.33. The van der Waals surface area contributed by atoms with Gasteiger partial charge in [0.15, 0.2) is 0 Å². The van der Waals surface area contributed by atoms with Crippen molar-refractivity contribution in [3.05, 3.63) is 48.0 Å². The Morgan fingerprint density at radius 2 is 1.82 bits per heavy atom. The summed E-state index contributed by atoms with van der Waals surface area (Å²) in [7, 11) is -3.63. The van der Waals surface area contributed by atoms with Crippen LogP contribution in [0.3, 0.4) is 0 Å². The second-order valence-electron chi connectivity index (χ2n) is 7.25. The van der Waals surface area contributed by atoms with Gasteiger partial charge in [-0.15, -0.1) is 5.10 Å². The number of para-hydroxylation sites is 1. The monoisotopic (exact) mass is 483 g/mol. The lowest BCUT2D eigenvalue weighted by atomic mass is 10.1. The molecule has 0 saturated heterocycles. The molecule has 12 heteroatoms. The van der Waals surface area contributed by atoms with Gasteiger partial charge in [-0.05, 0) is 36.8 Å². The van der Waals surface area contributed by atoms with Crippen LogP contribution in [-0.2, 0) is 27.5 Å². The molecule has 3 rings (SSSR count). The van der Waals surface area contributed by atoms with Gasteiger partial charge in [0.25, 0.3) is 0 Å². The van der Waals surface area contributed by atoms with Crippen LogP contribution in [0.15, 0.2) is 47.4 Å². The molecular formula is C21H24F3N5O3S. The van der Waals surface area contributed by atoms with Crippen molar-refractivity contribution in [1.82, 2.24) is 19.3 Å². The van der Waals surface area contributed by atoms with E-state index in [1.165, 1.54) is 39.3 Å². The van der Waals surface area contributed by atoms with E-state index in [4.69, 9.17) is 0 Å². The SMILES string of the molecule is CCN(CC)S(=O)(=O)c1ccc2c(c1)nnn2CCCC(=O)Nc1ccccc1C(F)(F)F. The average Bonchev–Trinajstić information content (AvgIpc) is 3.16. The molecule has 0 bridgehead atoms. The van der Waals surface area contributed by atoms with E-state index in [1.54, 1.807) is 19.9 Å². The van der Waals surface area contributed by atoms with E-state index < -0.39 is 27.7 Å². The zero-order valence-corrected chi connectivity index (χ0v) is 18.9. The maximum atomic E-state index is 13.1. The molecule has 0 aliphatic rings. The van der Waals surface area contributed by atoms with Crippen molar-refractivity contribution in [2.24, 2.45) is 0 Å². The molecule has 0 aliphatic carbocycles.